The van der Waals surface area contributed by atoms with Crippen molar-refractivity contribution in [2.75, 3.05) is 18.1 Å². The lowest BCUT2D eigenvalue weighted by Crippen LogP contribution is -2.52. The summed E-state index contributed by atoms with van der Waals surface area (Å²) in [5.41, 5.74) is 1.93. The number of alkyl carbamates (subject to hydrolysis) is 1. The van der Waals surface area contributed by atoms with Crippen molar-refractivity contribution in [2.45, 2.75) is 51.6 Å². The number of Topliss-reactive ketones (excluding diaryl/α,β-unsaturated/α-hetero) is 2. The van der Waals surface area contributed by atoms with Crippen molar-refractivity contribution < 1.29 is 51.7 Å². The maximum Gasteiger partial charge on any atom is 0.408 e. The number of amides is 2. The number of rotatable bonds is 11. The van der Waals surface area contributed by atoms with Gasteiger partial charge in [-0.1, -0.05) is 31.5 Å². The van der Waals surface area contributed by atoms with Gasteiger partial charge in [0.25, 0.3) is 0 Å². The summed E-state index contributed by atoms with van der Waals surface area (Å²) in [5.74, 6) is -8.52. The van der Waals surface area contributed by atoms with Crippen LogP contribution in [0.3, 0.4) is 0 Å². The quantitative estimate of drug-likeness (QED) is 0.295. The Hall–Kier alpha value is -4.86. The smallest absolute Gasteiger partial charge is 0.408 e. The van der Waals surface area contributed by atoms with E-state index in [0.717, 1.165) is 5.56 Å². The second-order valence-electron chi connectivity index (χ2n) is 9.76. The molecule has 0 bridgehead atoms. The number of carbonyl (C=O) groups is 5. The van der Waals surface area contributed by atoms with Gasteiger partial charge < -0.3 is 19.9 Å². The Bertz CT molecular complexity index is 1490. The first-order valence-corrected chi connectivity index (χ1v) is 12.9. The third-order valence-electron chi connectivity index (χ3n) is 7.04. The summed E-state index contributed by atoms with van der Waals surface area (Å²) >= 11 is 0. The highest BCUT2D eigenvalue weighted by atomic mass is 19.2. The van der Waals surface area contributed by atoms with Gasteiger partial charge in [-0.2, -0.15) is 4.39 Å². The number of carbonyl (C=O) groups excluding carboxylic acids is 4. The molecule has 2 aromatic rings. The first kappa shape index (κ1) is 32.7. The molecular formula is C30H29F3N2O8. The normalized spacial score (nSPS) is 17.4. The minimum absolute atomic E-state index is 0. The van der Waals surface area contributed by atoms with E-state index in [0.29, 0.717) is 29.8 Å². The molecule has 2 heterocycles. The Morgan fingerprint density at radius 2 is 1.79 bits per heavy atom. The minimum atomic E-state index is -1.67. The molecule has 2 N–H and O–H groups in total. The lowest BCUT2D eigenvalue weighted by atomic mass is 9.90. The van der Waals surface area contributed by atoms with Gasteiger partial charge in [0, 0.05) is 18.8 Å². The van der Waals surface area contributed by atoms with Gasteiger partial charge in [0.1, 0.15) is 12.6 Å². The zero-order valence-electron chi connectivity index (χ0n) is 22.0. The number of aliphatic carboxylic acids is 1. The lowest BCUT2D eigenvalue weighted by Gasteiger charge is -2.28. The number of nitrogens with zero attached hydrogens (tertiary/aromatic N) is 1. The molecule has 0 spiro atoms. The van der Waals surface area contributed by atoms with Crippen LogP contribution in [0.15, 0.2) is 30.3 Å². The van der Waals surface area contributed by atoms with Crippen LogP contribution in [0.5, 0.6) is 5.75 Å². The molecule has 10 nitrogen and oxygen atoms in total. The van der Waals surface area contributed by atoms with Crippen LogP contribution in [0.4, 0.5) is 23.7 Å². The number of halogens is 3. The molecule has 0 saturated carbocycles. The summed E-state index contributed by atoms with van der Waals surface area (Å²) in [6, 6.07) is 4.21. The fourth-order valence-corrected chi connectivity index (χ4v) is 5.11. The number of ketones is 2. The van der Waals surface area contributed by atoms with Gasteiger partial charge in [-0.3, -0.25) is 24.1 Å². The monoisotopic (exact) mass is 602 g/mol. The van der Waals surface area contributed by atoms with E-state index in [-0.39, 0.29) is 26.9 Å². The summed E-state index contributed by atoms with van der Waals surface area (Å²) in [5, 5.41) is 11.8. The van der Waals surface area contributed by atoms with E-state index < -0.39 is 90.2 Å². The maximum absolute atomic E-state index is 14.0. The Kier molecular flexibility index (Phi) is 10.5. The van der Waals surface area contributed by atoms with Gasteiger partial charge in [0.05, 0.1) is 18.2 Å². The summed E-state index contributed by atoms with van der Waals surface area (Å²) in [6.45, 7) is -1.35. The average molecular weight is 603 g/mol. The molecule has 3 atom stereocenters. The summed E-state index contributed by atoms with van der Waals surface area (Å²) in [6.07, 6.45) is 3.39. The van der Waals surface area contributed by atoms with Crippen LogP contribution < -0.4 is 15.0 Å². The third kappa shape index (κ3) is 7.14. The molecule has 4 rings (SSSR count). The number of anilines is 1. The molecule has 2 aromatic carbocycles. The highest BCUT2D eigenvalue weighted by Crippen LogP contribution is 2.40. The number of nitrogens with one attached hydrogen (secondary N) is 1. The largest absolute Gasteiger partial charge is 0.481 e. The van der Waals surface area contributed by atoms with Gasteiger partial charge in [-0.25, -0.2) is 13.6 Å². The maximum atomic E-state index is 14.0. The molecule has 0 saturated heterocycles. The van der Waals surface area contributed by atoms with E-state index in [1.54, 1.807) is 18.2 Å². The highest BCUT2D eigenvalue weighted by molar-refractivity contribution is 6.08. The fraction of sp³-hybridized carbons (Fsp3) is 0.367. The number of carboxylic acids is 1. The van der Waals surface area contributed by atoms with E-state index in [9.17, 15) is 42.3 Å². The first-order chi connectivity index (χ1) is 20.0. The van der Waals surface area contributed by atoms with Crippen molar-refractivity contribution in [1.29, 1.82) is 0 Å². The lowest BCUT2D eigenvalue weighted by molar-refractivity contribution is -0.142. The van der Waals surface area contributed by atoms with E-state index in [4.69, 9.17) is 15.9 Å². The zero-order valence-corrected chi connectivity index (χ0v) is 22.0. The Balaban J connectivity index is 0.00000506. The fourth-order valence-electron chi connectivity index (χ4n) is 5.11. The predicted octanol–water partition coefficient (Wildman–Crippen LogP) is 3.37. The highest BCUT2D eigenvalue weighted by Gasteiger charge is 2.44. The van der Waals surface area contributed by atoms with Crippen LogP contribution in [0.2, 0.25) is 0 Å². The summed E-state index contributed by atoms with van der Waals surface area (Å²) in [7, 11) is 0. The van der Waals surface area contributed by atoms with Gasteiger partial charge >= 0.3 is 12.1 Å². The number of para-hydroxylation sites is 1. The van der Waals surface area contributed by atoms with E-state index in [1.807, 2.05) is 0 Å². The van der Waals surface area contributed by atoms with Crippen LogP contribution in [-0.2, 0) is 36.8 Å². The van der Waals surface area contributed by atoms with Crippen LogP contribution in [0, 0.1) is 35.7 Å². The minimum Gasteiger partial charge on any atom is -0.481 e. The number of benzene rings is 2. The summed E-state index contributed by atoms with van der Waals surface area (Å²) in [4.78, 5) is 65.0. The Labute approximate surface area is 245 Å². The first-order valence-electron chi connectivity index (χ1n) is 12.9. The van der Waals surface area contributed by atoms with Crippen molar-refractivity contribution in [1.82, 2.24) is 5.32 Å². The molecule has 228 valence electrons. The number of terminal acetylenes is 1. The predicted molar refractivity (Wildman–Crippen MR) is 146 cm³/mol. The standard InChI is InChI=1S/C29H25F3N2O8.CH4/c1-2-10-41-29(40)33-20-9-6-15-4-3-5-16-11-21(34(26(15)16)28(20)39)22(35)12-17(13-24(37)38)23(36)14-42-27-19(31)8-7-18(30)25(27)32;/h1,3-5,7-8,17,20-21H,6,9-14H2,(H,33,40)(H,37,38);1H4/t17?,20-,21-;/m0./s1. The SMILES string of the molecule is C.C#CCOC(=O)N[C@H]1CCc2cccc3c2N(C1=O)[C@H](C(=O)CC(CC(=O)O)C(=O)COc1c(F)ccc(F)c1F)C3. The van der Waals surface area contributed by atoms with E-state index >= 15 is 0 Å². The molecule has 1 unspecified atom stereocenters. The van der Waals surface area contributed by atoms with Gasteiger partial charge in [-0.15, -0.1) is 6.42 Å². The number of hydrogen-bond acceptors (Lipinski definition) is 7. The van der Waals surface area contributed by atoms with Crippen molar-refractivity contribution >= 4 is 35.2 Å². The van der Waals surface area contributed by atoms with Crippen molar-refractivity contribution in [2.24, 2.45) is 5.92 Å². The number of aryl methyl sites for hydroxylation is 1. The molecule has 2 amide bonds. The Morgan fingerprint density at radius 1 is 1.09 bits per heavy atom. The molecule has 0 radical (unpaired) electrons. The van der Waals surface area contributed by atoms with Crippen LogP contribution in [-0.4, -0.2) is 59.9 Å². The van der Waals surface area contributed by atoms with Gasteiger partial charge in [-0.05, 0) is 36.1 Å². The van der Waals surface area contributed by atoms with E-state index in [1.165, 1.54) is 4.90 Å². The van der Waals surface area contributed by atoms with Crippen molar-refractivity contribution in [3.63, 3.8) is 0 Å². The molecule has 0 aliphatic carbocycles. The number of carboxylic acid groups (broad SMARTS) is 1. The zero-order chi connectivity index (χ0) is 30.6. The molecule has 0 fully saturated rings. The third-order valence-corrected chi connectivity index (χ3v) is 7.04. The van der Waals surface area contributed by atoms with Crippen LogP contribution in [0.25, 0.3) is 0 Å². The molecular weight excluding hydrogens is 573 g/mol. The summed E-state index contributed by atoms with van der Waals surface area (Å²) < 4.78 is 51.0. The van der Waals surface area contributed by atoms with Crippen molar-refractivity contribution in [3.8, 4) is 18.1 Å². The topological polar surface area (TPSA) is 139 Å². The molecule has 2 aliphatic rings. The average Bonchev–Trinajstić information content (AvgIpc) is 3.29. The second-order valence-corrected chi connectivity index (χ2v) is 9.76. The molecule has 43 heavy (non-hydrogen) atoms. The van der Waals surface area contributed by atoms with Gasteiger partial charge in [0.2, 0.25) is 11.7 Å². The number of ether oxygens (including phenoxy) is 2. The van der Waals surface area contributed by atoms with Crippen molar-refractivity contribution in [3.05, 3.63) is 58.9 Å². The van der Waals surface area contributed by atoms with E-state index in [2.05, 4.69) is 11.2 Å². The molecule has 13 heteroatoms. The molecule has 0 aromatic heterocycles. The van der Waals surface area contributed by atoms with Crippen LogP contribution >= 0.6 is 0 Å². The molecule has 2 aliphatic heterocycles. The number of hydrogen-bond donors (Lipinski definition) is 2. The van der Waals surface area contributed by atoms with Crippen LogP contribution in [0.1, 0.15) is 37.8 Å². The van der Waals surface area contributed by atoms with Gasteiger partial charge in [0.15, 0.2) is 35.6 Å². The second kappa shape index (κ2) is 13.9. The Morgan fingerprint density at radius 3 is 2.49 bits per heavy atom.